The van der Waals surface area contributed by atoms with E-state index in [9.17, 15) is 9.59 Å². The molecule has 1 heterocycles. The first kappa shape index (κ1) is 25.2. The molecule has 1 N–H and O–H groups in total. The van der Waals surface area contributed by atoms with E-state index in [-0.39, 0.29) is 35.4 Å². The lowest BCUT2D eigenvalue weighted by Crippen LogP contribution is -2.42. The third-order valence-electron chi connectivity index (χ3n) is 4.88. The molecule has 0 atom stereocenters. The van der Waals surface area contributed by atoms with Gasteiger partial charge in [-0.15, -0.1) is 0 Å². The Balaban J connectivity index is 2.91. The lowest BCUT2D eigenvalue weighted by molar-refractivity contribution is -0.136. The van der Waals surface area contributed by atoms with Crippen molar-refractivity contribution >= 4 is 17.6 Å². The second kappa shape index (κ2) is 10.3. The van der Waals surface area contributed by atoms with Crippen molar-refractivity contribution in [3.05, 3.63) is 11.8 Å². The van der Waals surface area contributed by atoms with Crippen LogP contribution in [0.4, 0.5) is 5.82 Å². The summed E-state index contributed by atoms with van der Waals surface area (Å²) < 4.78 is 1.86. The van der Waals surface area contributed by atoms with E-state index in [1.165, 1.54) is 0 Å². The zero-order chi connectivity index (χ0) is 22.4. The monoisotopic (exact) mass is 406 g/mol. The molecule has 0 aliphatic heterocycles. The van der Waals surface area contributed by atoms with Crippen molar-refractivity contribution in [2.45, 2.75) is 111 Å². The third-order valence-corrected chi connectivity index (χ3v) is 4.88. The summed E-state index contributed by atoms with van der Waals surface area (Å²) in [6, 6.07) is 1.92. The van der Waals surface area contributed by atoms with Crippen molar-refractivity contribution in [2.24, 2.45) is 0 Å². The maximum Gasteiger partial charge on any atom is 0.245 e. The predicted octanol–water partition coefficient (Wildman–Crippen LogP) is 5.08. The van der Waals surface area contributed by atoms with E-state index in [2.05, 4.69) is 53.8 Å². The number of hydrogen-bond donors (Lipinski definition) is 1. The maximum absolute atomic E-state index is 12.8. The van der Waals surface area contributed by atoms with Crippen LogP contribution in [0.25, 0.3) is 0 Å². The van der Waals surface area contributed by atoms with Gasteiger partial charge >= 0.3 is 0 Å². The number of nitrogens with zero attached hydrogens (tertiary/aromatic N) is 3. The summed E-state index contributed by atoms with van der Waals surface area (Å²) >= 11 is 0. The molecule has 0 spiro atoms. The van der Waals surface area contributed by atoms with Crippen molar-refractivity contribution in [1.82, 2.24) is 14.7 Å². The minimum absolute atomic E-state index is 0.0166. The minimum Gasteiger partial charge on any atom is -0.331 e. The van der Waals surface area contributed by atoms with Crippen molar-refractivity contribution in [1.29, 1.82) is 0 Å². The van der Waals surface area contributed by atoms with Gasteiger partial charge in [0.15, 0.2) is 0 Å². The van der Waals surface area contributed by atoms with Gasteiger partial charge < -0.3 is 10.2 Å². The van der Waals surface area contributed by atoms with Crippen LogP contribution in [0.5, 0.6) is 0 Å². The smallest absolute Gasteiger partial charge is 0.245 e. The molecular weight excluding hydrogens is 364 g/mol. The Bertz CT molecular complexity index is 678. The number of carbonyl (C=O) groups excluding carboxylic acids is 2. The second-order valence-corrected chi connectivity index (χ2v) is 10.2. The van der Waals surface area contributed by atoms with Crippen molar-refractivity contribution < 1.29 is 9.59 Å². The Hall–Kier alpha value is -1.85. The molecule has 0 bridgehead atoms. The van der Waals surface area contributed by atoms with Gasteiger partial charge in [0.05, 0.1) is 11.2 Å². The molecule has 0 unspecified atom stereocenters. The van der Waals surface area contributed by atoms with Crippen LogP contribution < -0.4 is 5.32 Å². The summed E-state index contributed by atoms with van der Waals surface area (Å²) in [6.45, 7) is 18.6. The number of aromatic nitrogens is 2. The Morgan fingerprint density at radius 1 is 1.10 bits per heavy atom. The molecule has 6 nitrogen and oxygen atoms in total. The topological polar surface area (TPSA) is 67.2 Å². The highest BCUT2D eigenvalue weighted by Gasteiger charge is 2.27. The summed E-state index contributed by atoms with van der Waals surface area (Å²) in [7, 11) is 0. The van der Waals surface area contributed by atoms with Gasteiger partial charge in [-0.05, 0) is 41.0 Å². The Kier molecular flexibility index (Phi) is 8.91. The Labute approximate surface area is 177 Å². The van der Waals surface area contributed by atoms with E-state index in [4.69, 9.17) is 5.10 Å². The van der Waals surface area contributed by atoms with Gasteiger partial charge in [-0.2, -0.15) is 5.10 Å². The average Bonchev–Trinajstić information content (AvgIpc) is 3.00. The van der Waals surface area contributed by atoms with Crippen LogP contribution in [0, 0.1) is 0 Å². The van der Waals surface area contributed by atoms with Crippen LogP contribution in [0.2, 0.25) is 0 Å². The van der Waals surface area contributed by atoms with Gasteiger partial charge in [-0.25, -0.2) is 4.68 Å². The average molecular weight is 407 g/mol. The molecule has 1 aromatic heterocycles. The highest BCUT2D eigenvalue weighted by molar-refractivity contribution is 5.94. The molecule has 0 saturated carbocycles. The predicted molar refractivity (Wildman–Crippen MR) is 120 cm³/mol. The van der Waals surface area contributed by atoms with Crippen LogP contribution in [-0.4, -0.2) is 39.1 Å². The van der Waals surface area contributed by atoms with Crippen LogP contribution in [0.3, 0.4) is 0 Å². The number of anilines is 1. The third kappa shape index (κ3) is 7.82. The molecule has 0 aromatic carbocycles. The van der Waals surface area contributed by atoms with E-state index in [1.807, 2.05) is 24.6 Å². The Morgan fingerprint density at radius 2 is 1.72 bits per heavy atom. The van der Waals surface area contributed by atoms with Gasteiger partial charge in [-0.3, -0.25) is 9.59 Å². The molecular formula is C23H42N4O2. The van der Waals surface area contributed by atoms with Crippen molar-refractivity contribution in [3.8, 4) is 0 Å². The standard InChI is InChI=1S/C23H42N4O2/c1-10-11-12-13-14-21(29)26(17(2)3)16-20(28)24-19-15-18(22(4,5)6)25-27(19)23(7,8)9/h15,17H,10-14,16H2,1-9H3,(H,24,28). The number of hydrogen-bond acceptors (Lipinski definition) is 3. The number of rotatable bonds is 9. The first-order valence-corrected chi connectivity index (χ1v) is 11.0. The zero-order valence-corrected chi connectivity index (χ0v) is 20.1. The molecule has 0 saturated heterocycles. The Morgan fingerprint density at radius 3 is 2.21 bits per heavy atom. The summed E-state index contributed by atoms with van der Waals surface area (Å²) in [4.78, 5) is 27.1. The van der Waals surface area contributed by atoms with Crippen LogP contribution in [0.1, 0.15) is 100 Å². The van der Waals surface area contributed by atoms with E-state index in [1.54, 1.807) is 4.90 Å². The van der Waals surface area contributed by atoms with Crippen molar-refractivity contribution in [3.63, 3.8) is 0 Å². The summed E-state index contributed by atoms with van der Waals surface area (Å²) in [5, 5.41) is 7.73. The highest BCUT2D eigenvalue weighted by atomic mass is 16.2. The van der Waals surface area contributed by atoms with Crippen molar-refractivity contribution in [2.75, 3.05) is 11.9 Å². The summed E-state index contributed by atoms with van der Waals surface area (Å²) in [6.07, 6.45) is 4.72. The van der Waals surface area contributed by atoms with Gasteiger partial charge in [0.2, 0.25) is 11.8 Å². The quantitative estimate of drug-likeness (QED) is 0.581. The molecule has 166 valence electrons. The summed E-state index contributed by atoms with van der Waals surface area (Å²) in [5.74, 6) is 0.531. The molecule has 0 radical (unpaired) electrons. The molecule has 0 aliphatic carbocycles. The number of unbranched alkanes of at least 4 members (excludes halogenated alkanes) is 3. The lowest BCUT2D eigenvalue weighted by Gasteiger charge is -2.27. The maximum atomic E-state index is 12.8. The molecule has 1 aromatic rings. The highest BCUT2D eigenvalue weighted by Crippen LogP contribution is 2.28. The first-order chi connectivity index (χ1) is 13.3. The van der Waals surface area contributed by atoms with Crippen LogP contribution >= 0.6 is 0 Å². The van der Waals surface area contributed by atoms with E-state index < -0.39 is 0 Å². The van der Waals surface area contributed by atoms with Gasteiger partial charge in [-0.1, -0.05) is 47.0 Å². The molecule has 29 heavy (non-hydrogen) atoms. The normalized spacial score (nSPS) is 12.3. The van der Waals surface area contributed by atoms with E-state index in [0.717, 1.165) is 31.4 Å². The second-order valence-electron chi connectivity index (χ2n) is 10.2. The number of carbonyl (C=O) groups is 2. The summed E-state index contributed by atoms with van der Waals surface area (Å²) in [5.41, 5.74) is 0.545. The molecule has 0 fully saturated rings. The first-order valence-electron chi connectivity index (χ1n) is 11.0. The fourth-order valence-corrected chi connectivity index (χ4v) is 3.09. The van der Waals surface area contributed by atoms with Crippen LogP contribution in [0.15, 0.2) is 6.07 Å². The fraction of sp³-hybridized carbons (Fsp3) is 0.783. The molecule has 6 heteroatoms. The fourth-order valence-electron chi connectivity index (χ4n) is 3.09. The van der Waals surface area contributed by atoms with E-state index >= 15 is 0 Å². The SMILES string of the molecule is CCCCCCC(=O)N(CC(=O)Nc1cc(C(C)(C)C)nn1C(C)(C)C)C(C)C. The van der Waals surface area contributed by atoms with Gasteiger partial charge in [0.25, 0.3) is 0 Å². The lowest BCUT2D eigenvalue weighted by atomic mass is 9.92. The zero-order valence-electron chi connectivity index (χ0n) is 20.1. The van der Waals surface area contributed by atoms with Gasteiger partial charge in [0, 0.05) is 23.9 Å². The largest absolute Gasteiger partial charge is 0.331 e. The van der Waals surface area contributed by atoms with Crippen LogP contribution in [-0.2, 0) is 20.5 Å². The number of amides is 2. The van der Waals surface area contributed by atoms with E-state index in [0.29, 0.717) is 12.2 Å². The number of nitrogens with one attached hydrogen (secondary N) is 1. The minimum atomic E-state index is -0.265. The molecule has 1 rings (SSSR count). The van der Waals surface area contributed by atoms with Gasteiger partial charge in [0.1, 0.15) is 12.4 Å². The molecule has 0 aliphatic rings. The molecule has 2 amide bonds.